The van der Waals surface area contributed by atoms with E-state index in [9.17, 15) is 0 Å². The lowest BCUT2D eigenvalue weighted by atomic mass is 10.1. The topological polar surface area (TPSA) is 30.5 Å². The van der Waals surface area contributed by atoms with Gasteiger partial charge in [-0.25, -0.2) is 0 Å². The lowest BCUT2D eigenvalue weighted by Crippen LogP contribution is -2.17. The van der Waals surface area contributed by atoms with Gasteiger partial charge in [-0.1, -0.05) is 74.5 Å². The summed E-state index contributed by atoms with van der Waals surface area (Å²) in [7, 11) is 1.61. The van der Waals surface area contributed by atoms with E-state index in [1.165, 1.54) is 0 Å². The molecule has 0 heterocycles. The van der Waals surface area contributed by atoms with E-state index >= 15 is 0 Å². The van der Waals surface area contributed by atoms with Crippen LogP contribution in [0.5, 0.6) is 11.5 Å². The molecule has 0 aliphatic rings. The molecule has 0 aliphatic carbocycles. The molecular formula is C23H20BrCl4NO2. The van der Waals surface area contributed by atoms with E-state index in [4.69, 9.17) is 55.9 Å². The molecule has 0 bridgehead atoms. The summed E-state index contributed by atoms with van der Waals surface area (Å²) in [6.45, 7) is 1.65. The predicted molar refractivity (Wildman–Crippen MR) is 133 cm³/mol. The van der Waals surface area contributed by atoms with Crippen molar-refractivity contribution in [2.24, 2.45) is 0 Å². The van der Waals surface area contributed by atoms with Crippen molar-refractivity contribution in [2.45, 2.75) is 19.6 Å². The van der Waals surface area contributed by atoms with Gasteiger partial charge in [0.15, 0.2) is 11.5 Å². The van der Waals surface area contributed by atoms with Crippen molar-refractivity contribution in [3.05, 3.63) is 89.8 Å². The van der Waals surface area contributed by atoms with E-state index < -0.39 is 0 Å². The van der Waals surface area contributed by atoms with Crippen molar-refractivity contribution >= 4 is 62.3 Å². The first-order valence-corrected chi connectivity index (χ1v) is 11.8. The predicted octanol–water partition coefficient (Wildman–Crippen LogP) is 7.98. The van der Waals surface area contributed by atoms with E-state index in [-0.39, 0.29) is 6.61 Å². The Morgan fingerprint density at radius 1 is 0.871 bits per heavy atom. The second-order valence-electron chi connectivity index (χ2n) is 6.75. The molecule has 0 amide bonds. The molecule has 1 N–H and O–H groups in total. The van der Waals surface area contributed by atoms with E-state index in [0.717, 1.165) is 34.1 Å². The third kappa shape index (κ3) is 6.67. The number of methoxy groups -OCH3 is 1. The van der Waals surface area contributed by atoms with E-state index in [1.807, 2.05) is 24.3 Å². The molecule has 164 valence electrons. The minimum absolute atomic E-state index is 0.237. The fourth-order valence-corrected chi connectivity index (χ4v) is 4.45. The zero-order chi connectivity index (χ0) is 22.4. The molecule has 31 heavy (non-hydrogen) atoms. The number of nitrogens with one attached hydrogen (secondary N) is 1. The second-order valence-corrected chi connectivity index (χ2v) is 9.26. The van der Waals surface area contributed by atoms with Crippen molar-refractivity contribution in [1.29, 1.82) is 0 Å². The van der Waals surface area contributed by atoms with Gasteiger partial charge in [0.1, 0.15) is 6.61 Å². The molecule has 0 spiro atoms. The molecule has 0 aromatic heterocycles. The highest BCUT2D eigenvalue weighted by Gasteiger charge is 2.13. The minimum atomic E-state index is 0.237. The third-order valence-corrected chi connectivity index (χ3v) is 6.70. The summed E-state index contributed by atoms with van der Waals surface area (Å²) in [5, 5.41) is 5.86. The molecule has 3 rings (SSSR count). The van der Waals surface area contributed by atoms with Crippen LogP contribution in [-0.4, -0.2) is 13.7 Å². The Morgan fingerprint density at radius 3 is 2.29 bits per heavy atom. The van der Waals surface area contributed by atoms with E-state index in [2.05, 4.69) is 21.2 Å². The number of hydrogen-bond donors (Lipinski definition) is 1. The molecule has 0 unspecified atom stereocenters. The van der Waals surface area contributed by atoms with Gasteiger partial charge in [-0.05, 0) is 60.5 Å². The average molecular weight is 564 g/mol. The number of ether oxygens (including phenoxy) is 2. The molecule has 0 saturated carbocycles. The Hall–Kier alpha value is -1.14. The zero-order valence-corrected chi connectivity index (χ0v) is 21.3. The van der Waals surface area contributed by atoms with Crippen LogP contribution < -0.4 is 14.8 Å². The van der Waals surface area contributed by atoms with Crippen LogP contribution in [0.2, 0.25) is 20.1 Å². The summed E-state index contributed by atoms with van der Waals surface area (Å²) in [5.41, 5.74) is 2.83. The first-order chi connectivity index (χ1) is 14.9. The molecular weight excluding hydrogens is 544 g/mol. The van der Waals surface area contributed by atoms with Crippen LogP contribution in [0.25, 0.3) is 0 Å². The van der Waals surface area contributed by atoms with E-state index in [0.29, 0.717) is 38.1 Å². The van der Waals surface area contributed by atoms with Crippen LogP contribution in [0.1, 0.15) is 16.7 Å². The molecule has 3 aromatic carbocycles. The average Bonchev–Trinajstić information content (AvgIpc) is 2.73. The molecule has 0 radical (unpaired) electrons. The second kappa shape index (κ2) is 11.6. The molecule has 0 aliphatic heterocycles. The van der Waals surface area contributed by atoms with Crippen LogP contribution in [-0.2, 0) is 19.6 Å². The maximum absolute atomic E-state index is 6.23. The lowest BCUT2D eigenvalue weighted by molar-refractivity contribution is 0.284. The molecule has 3 nitrogen and oxygen atoms in total. The monoisotopic (exact) mass is 561 g/mol. The smallest absolute Gasteiger partial charge is 0.162 e. The SMILES string of the molecule is COc1cc(CNCCc2ccc(Cl)cc2Cl)c(Br)cc1OCc1c(Cl)cccc1Cl. The maximum Gasteiger partial charge on any atom is 0.162 e. The highest BCUT2D eigenvalue weighted by Crippen LogP contribution is 2.35. The lowest BCUT2D eigenvalue weighted by Gasteiger charge is -2.15. The Morgan fingerprint density at radius 2 is 1.61 bits per heavy atom. The summed E-state index contributed by atoms with van der Waals surface area (Å²) in [6.07, 6.45) is 0.796. The van der Waals surface area contributed by atoms with Crippen LogP contribution in [0.3, 0.4) is 0 Å². The van der Waals surface area contributed by atoms with Gasteiger partial charge in [0, 0.05) is 36.7 Å². The van der Waals surface area contributed by atoms with Crippen LogP contribution in [0, 0.1) is 0 Å². The van der Waals surface area contributed by atoms with Crippen molar-refractivity contribution in [3.8, 4) is 11.5 Å². The molecule has 0 saturated heterocycles. The van der Waals surface area contributed by atoms with Gasteiger partial charge in [0.2, 0.25) is 0 Å². The highest BCUT2D eigenvalue weighted by molar-refractivity contribution is 9.10. The summed E-state index contributed by atoms with van der Waals surface area (Å²) in [5.74, 6) is 1.23. The molecule has 3 aromatic rings. The van der Waals surface area contributed by atoms with Crippen molar-refractivity contribution in [1.82, 2.24) is 5.32 Å². The van der Waals surface area contributed by atoms with Crippen LogP contribution in [0.4, 0.5) is 0 Å². The largest absolute Gasteiger partial charge is 0.493 e. The summed E-state index contributed by atoms with van der Waals surface area (Å²) in [6, 6.07) is 14.7. The van der Waals surface area contributed by atoms with Crippen molar-refractivity contribution < 1.29 is 9.47 Å². The number of hydrogen-bond acceptors (Lipinski definition) is 3. The summed E-state index contributed by atoms with van der Waals surface area (Å²) >= 11 is 28.3. The van der Waals surface area contributed by atoms with Gasteiger partial charge in [-0.3, -0.25) is 0 Å². The van der Waals surface area contributed by atoms with E-state index in [1.54, 1.807) is 31.4 Å². The van der Waals surface area contributed by atoms with Gasteiger partial charge in [-0.15, -0.1) is 0 Å². The van der Waals surface area contributed by atoms with Gasteiger partial charge in [0.05, 0.1) is 7.11 Å². The van der Waals surface area contributed by atoms with Gasteiger partial charge < -0.3 is 14.8 Å². The Labute approximate surface area is 210 Å². The molecule has 8 heteroatoms. The fraction of sp³-hybridized carbons (Fsp3) is 0.217. The normalized spacial score (nSPS) is 10.9. The molecule has 0 atom stereocenters. The Balaban J connectivity index is 1.62. The first kappa shape index (κ1) is 24.5. The molecule has 0 fully saturated rings. The van der Waals surface area contributed by atoms with Crippen molar-refractivity contribution in [2.75, 3.05) is 13.7 Å². The standard InChI is InChI=1S/C23H20BrCl4NO2/c1-30-22-9-15(12-29-8-7-14-5-6-16(25)10-21(14)28)18(24)11-23(22)31-13-17-19(26)3-2-4-20(17)27/h2-6,9-11,29H,7-8,12-13H2,1H3. The van der Waals surface area contributed by atoms with Gasteiger partial charge in [-0.2, -0.15) is 0 Å². The first-order valence-electron chi connectivity index (χ1n) is 9.45. The van der Waals surface area contributed by atoms with Crippen LogP contribution >= 0.6 is 62.3 Å². The van der Waals surface area contributed by atoms with Crippen molar-refractivity contribution in [3.63, 3.8) is 0 Å². The maximum atomic E-state index is 6.23. The number of rotatable bonds is 9. The fourth-order valence-electron chi connectivity index (χ4n) is 2.98. The highest BCUT2D eigenvalue weighted by atomic mass is 79.9. The number of halogens is 5. The zero-order valence-electron chi connectivity index (χ0n) is 16.7. The van der Waals surface area contributed by atoms with Gasteiger partial charge >= 0.3 is 0 Å². The van der Waals surface area contributed by atoms with Crippen LogP contribution in [0.15, 0.2) is 53.0 Å². The van der Waals surface area contributed by atoms with Gasteiger partial charge in [0.25, 0.3) is 0 Å². The third-order valence-electron chi connectivity index (χ3n) is 4.67. The summed E-state index contributed by atoms with van der Waals surface area (Å²) < 4.78 is 12.4. The number of benzene rings is 3. The Kier molecular flexibility index (Phi) is 9.20. The quantitative estimate of drug-likeness (QED) is 0.268. The summed E-state index contributed by atoms with van der Waals surface area (Å²) in [4.78, 5) is 0. The Bertz CT molecular complexity index is 1040. The minimum Gasteiger partial charge on any atom is -0.493 e.